The molecule has 0 bridgehead atoms. The number of hydrogen-bond acceptors (Lipinski definition) is 5. The van der Waals surface area contributed by atoms with Crippen LogP contribution in [0, 0.1) is 10.1 Å². The van der Waals surface area contributed by atoms with Gasteiger partial charge in [0.2, 0.25) is 11.7 Å². The Hall–Kier alpha value is -1.89. The summed E-state index contributed by atoms with van der Waals surface area (Å²) in [5, 5.41) is 14.0. The summed E-state index contributed by atoms with van der Waals surface area (Å²) in [5.74, 6) is 0.00373. The van der Waals surface area contributed by atoms with Crippen LogP contribution < -0.4 is 10.2 Å². The molecule has 1 amide bonds. The molecule has 8 heteroatoms. The van der Waals surface area contributed by atoms with E-state index in [9.17, 15) is 14.9 Å². The van der Waals surface area contributed by atoms with Gasteiger partial charge in [-0.1, -0.05) is 18.5 Å². The first-order valence-corrected chi connectivity index (χ1v) is 6.27. The molecular formula is C11H13ClN4O3. The molecule has 1 fully saturated rings. The van der Waals surface area contributed by atoms with Crippen LogP contribution in [-0.2, 0) is 4.79 Å². The molecule has 2 rings (SSSR count). The number of nitrogens with zero attached hydrogens (tertiary/aromatic N) is 3. The van der Waals surface area contributed by atoms with Gasteiger partial charge in [0.25, 0.3) is 0 Å². The van der Waals surface area contributed by atoms with Gasteiger partial charge in [-0.2, -0.15) is 0 Å². The van der Waals surface area contributed by atoms with Gasteiger partial charge >= 0.3 is 5.69 Å². The Kier molecular flexibility index (Phi) is 3.84. The van der Waals surface area contributed by atoms with Gasteiger partial charge in [-0.3, -0.25) is 14.9 Å². The zero-order valence-corrected chi connectivity index (χ0v) is 11.1. The molecule has 1 saturated heterocycles. The maximum Gasteiger partial charge on any atom is 0.311 e. The van der Waals surface area contributed by atoms with E-state index in [2.05, 4.69) is 10.3 Å². The molecule has 1 aromatic rings. The summed E-state index contributed by atoms with van der Waals surface area (Å²) in [4.78, 5) is 28.0. The van der Waals surface area contributed by atoms with Crippen molar-refractivity contribution in [2.24, 2.45) is 0 Å². The Bertz CT molecular complexity index is 523. The van der Waals surface area contributed by atoms with E-state index in [1.165, 1.54) is 12.1 Å². The maximum atomic E-state index is 11.8. The summed E-state index contributed by atoms with van der Waals surface area (Å²) in [5.41, 5.74) is -0.141. The van der Waals surface area contributed by atoms with Gasteiger partial charge in [-0.15, -0.1) is 0 Å². The minimum absolute atomic E-state index is 0.141. The number of piperazine rings is 1. The van der Waals surface area contributed by atoms with Crippen molar-refractivity contribution >= 4 is 29.0 Å². The fraction of sp³-hybridized carbons (Fsp3) is 0.455. The summed E-state index contributed by atoms with van der Waals surface area (Å²) >= 11 is 5.81. The molecule has 102 valence electrons. The lowest BCUT2D eigenvalue weighted by Gasteiger charge is -2.34. The zero-order chi connectivity index (χ0) is 14.0. The Morgan fingerprint density at radius 3 is 3.00 bits per heavy atom. The summed E-state index contributed by atoms with van der Waals surface area (Å²) < 4.78 is 0. The quantitative estimate of drug-likeness (QED) is 0.514. The highest BCUT2D eigenvalue weighted by Gasteiger charge is 2.33. The SMILES string of the molecule is CCC1C(=O)NCCN1c1nc(Cl)ccc1[N+](=O)[O-]. The largest absolute Gasteiger partial charge is 0.353 e. The van der Waals surface area contributed by atoms with Crippen molar-refractivity contribution < 1.29 is 9.72 Å². The monoisotopic (exact) mass is 284 g/mol. The molecule has 1 aliphatic heterocycles. The van der Waals surface area contributed by atoms with E-state index in [1.54, 1.807) is 4.90 Å². The van der Waals surface area contributed by atoms with Crippen LogP contribution in [0.3, 0.4) is 0 Å². The zero-order valence-electron chi connectivity index (χ0n) is 10.3. The average Bonchev–Trinajstić information content (AvgIpc) is 2.37. The van der Waals surface area contributed by atoms with E-state index < -0.39 is 11.0 Å². The Balaban J connectivity index is 2.46. The van der Waals surface area contributed by atoms with E-state index in [4.69, 9.17) is 11.6 Å². The van der Waals surface area contributed by atoms with Crippen LogP contribution in [0.2, 0.25) is 5.15 Å². The van der Waals surface area contributed by atoms with Gasteiger partial charge in [0.15, 0.2) is 0 Å². The maximum absolute atomic E-state index is 11.8. The van der Waals surface area contributed by atoms with E-state index in [0.717, 1.165) is 0 Å². The van der Waals surface area contributed by atoms with Crippen LogP contribution in [0.5, 0.6) is 0 Å². The molecule has 2 heterocycles. The minimum Gasteiger partial charge on any atom is -0.353 e. The van der Waals surface area contributed by atoms with E-state index in [-0.39, 0.29) is 22.6 Å². The number of nitrogens with one attached hydrogen (secondary N) is 1. The lowest BCUT2D eigenvalue weighted by atomic mass is 10.1. The van der Waals surface area contributed by atoms with E-state index in [0.29, 0.717) is 19.5 Å². The number of carbonyl (C=O) groups excluding carboxylic acids is 1. The van der Waals surface area contributed by atoms with Crippen LogP contribution in [0.15, 0.2) is 12.1 Å². The third kappa shape index (κ3) is 2.60. The molecule has 1 unspecified atom stereocenters. The second kappa shape index (κ2) is 5.40. The second-order valence-electron chi connectivity index (χ2n) is 4.14. The van der Waals surface area contributed by atoms with Crippen molar-refractivity contribution in [3.63, 3.8) is 0 Å². The predicted octanol–water partition coefficient (Wildman–Crippen LogP) is 1.36. The fourth-order valence-electron chi connectivity index (χ4n) is 2.15. The Morgan fingerprint density at radius 1 is 1.63 bits per heavy atom. The minimum atomic E-state index is -0.516. The van der Waals surface area contributed by atoms with Crippen molar-refractivity contribution in [3.05, 3.63) is 27.4 Å². The number of nitro groups is 1. The van der Waals surface area contributed by atoms with Crippen LogP contribution in [0.1, 0.15) is 13.3 Å². The highest BCUT2D eigenvalue weighted by atomic mass is 35.5. The van der Waals surface area contributed by atoms with E-state index in [1.807, 2.05) is 6.92 Å². The number of amides is 1. The third-order valence-electron chi connectivity index (χ3n) is 3.01. The molecule has 1 N–H and O–H groups in total. The number of rotatable bonds is 3. The third-order valence-corrected chi connectivity index (χ3v) is 3.22. The topological polar surface area (TPSA) is 88.4 Å². The van der Waals surface area contributed by atoms with Crippen molar-refractivity contribution in [2.45, 2.75) is 19.4 Å². The highest BCUT2D eigenvalue weighted by molar-refractivity contribution is 6.29. The van der Waals surface area contributed by atoms with Gasteiger partial charge < -0.3 is 10.2 Å². The molecule has 1 atom stereocenters. The van der Waals surface area contributed by atoms with Crippen LogP contribution in [0.25, 0.3) is 0 Å². The lowest BCUT2D eigenvalue weighted by molar-refractivity contribution is -0.384. The molecule has 1 aromatic heterocycles. The normalized spacial score (nSPS) is 19.2. The number of hydrogen-bond donors (Lipinski definition) is 1. The smallest absolute Gasteiger partial charge is 0.311 e. The van der Waals surface area contributed by atoms with Crippen molar-refractivity contribution in [1.82, 2.24) is 10.3 Å². The van der Waals surface area contributed by atoms with Gasteiger partial charge in [-0.05, 0) is 12.5 Å². The fourth-order valence-corrected chi connectivity index (χ4v) is 2.29. The lowest BCUT2D eigenvalue weighted by Crippen LogP contribution is -2.55. The van der Waals surface area contributed by atoms with Crippen LogP contribution >= 0.6 is 11.6 Å². The molecule has 0 spiro atoms. The molecule has 0 radical (unpaired) electrons. The molecular weight excluding hydrogens is 272 g/mol. The van der Waals surface area contributed by atoms with Crippen molar-refractivity contribution in [2.75, 3.05) is 18.0 Å². The van der Waals surface area contributed by atoms with Gasteiger partial charge in [-0.25, -0.2) is 4.98 Å². The van der Waals surface area contributed by atoms with Crippen LogP contribution in [-0.4, -0.2) is 34.9 Å². The standard InChI is InChI=1S/C11H13ClN4O3/c1-2-7-11(17)13-5-6-15(7)10-8(16(18)19)3-4-9(12)14-10/h3-4,7H,2,5-6H2,1H3,(H,13,17). The first-order chi connectivity index (χ1) is 9.04. The summed E-state index contributed by atoms with van der Waals surface area (Å²) in [6.45, 7) is 2.75. The number of aromatic nitrogens is 1. The highest BCUT2D eigenvalue weighted by Crippen LogP contribution is 2.30. The summed E-state index contributed by atoms with van der Waals surface area (Å²) in [6, 6.07) is 2.22. The Labute approximate surface area is 114 Å². The van der Waals surface area contributed by atoms with Gasteiger partial charge in [0.1, 0.15) is 11.2 Å². The summed E-state index contributed by atoms with van der Waals surface area (Å²) in [7, 11) is 0. The van der Waals surface area contributed by atoms with Gasteiger partial charge in [0.05, 0.1) is 4.92 Å². The summed E-state index contributed by atoms with van der Waals surface area (Å²) in [6.07, 6.45) is 0.539. The molecule has 1 aliphatic rings. The molecule has 0 saturated carbocycles. The molecule has 19 heavy (non-hydrogen) atoms. The predicted molar refractivity (Wildman–Crippen MR) is 70.3 cm³/mol. The van der Waals surface area contributed by atoms with E-state index >= 15 is 0 Å². The van der Waals surface area contributed by atoms with Crippen molar-refractivity contribution in [3.8, 4) is 0 Å². The molecule has 7 nitrogen and oxygen atoms in total. The van der Waals surface area contributed by atoms with Crippen molar-refractivity contribution in [1.29, 1.82) is 0 Å². The van der Waals surface area contributed by atoms with Crippen LogP contribution in [0.4, 0.5) is 11.5 Å². The second-order valence-corrected chi connectivity index (χ2v) is 4.53. The number of carbonyl (C=O) groups is 1. The number of pyridine rings is 1. The first kappa shape index (κ1) is 13.5. The molecule has 0 aromatic carbocycles. The first-order valence-electron chi connectivity index (χ1n) is 5.90. The average molecular weight is 285 g/mol. The molecule has 0 aliphatic carbocycles. The van der Waals surface area contributed by atoms with Gasteiger partial charge in [0, 0.05) is 19.2 Å². The Morgan fingerprint density at radius 2 is 2.37 bits per heavy atom. The number of halogens is 1. The number of anilines is 1.